The van der Waals surface area contributed by atoms with E-state index in [1.807, 2.05) is 12.1 Å². The second-order valence-corrected chi connectivity index (χ2v) is 6.17. The first-order chi connectivity index (χ1) is 9.54. The fourth-order valence-corrected chi connectivity index (χ4v) is 3.33. The quantitative estimate of drug-likeness (QED) is 0.909. The highest BCUT2D eigenvalue weighted by Gasteiger charge is 2.33. The van der Waals surface area contributed by atoms with Crippen LogP contribution in [0.1, 0.15) is 51.6 Å². The van der Waals surface area contributed by atoms with E-state index in [0.29, 0.717) is 12.0 Å². The minimum atomic E-state index is -0.183. The van der Waals surface area contributed by atoms with Crippen LogP contribution >= 0.6 is 0 Å². The van der Waals surface area contributed by atoms with E-state index >= 15 is 0 Å². The second kappa shape index (κ2) is 6.68. The van der Waals surface area contributed by atoms with Crippen LogP contribution in [0.4, 0.5) is 4.39 Å². The number of nitrogens with zero attached hydrogens (tertiary/aromatic N) is 1. The Labute approximate surface area is 122 Å². The van der Waals surface area contributed by atoms with E-state index in [-0.39, 0.29) is 17.9 Å². The molecule has 1 aromatic rings. The van der Waals surface area contributed by atoms with Crippen molar-refractivity contribution in [2.75, 3.05) is 6.54 Å². The van der Waals surface area contributed by atoms with Gasteiger partial charge in [0.2, 0.25) is 0 Å². The van der Waals surface area contributed by atoms with Gasteiger partial charge in [-0.2, -0.15) is 0 Å². The third-order valence-corrected chi connectivity index (χ3v) is 4.87. The van der Waals surface area contributed by atoms with Crippen molar-refractivity contribution in [3.63, 3.8) is 0 Å². The van der Waals surface area contributed by atoms with Crippen molar-refractivity contribution in [3.05, 3.63) is 35.6 Å². The summed E-state index contributed by atoms with van der Waals surface area (Å²) in [5.74, 6) is 0.508. The largest absolute Gasteiger partial charge is 0.326 e. The van der Waals surface area contributed by atoms with Gasteiger partial charge in [-0.25, -0.2) is 4.39 Å². The van der Waals surface area contributed by atoms with Gasteiger partial charge in [0.1, 0.15) is 5.82 Å². The summed E-state index contributed by atoms with van der Waals surface area (Å²) in [7, 11) is 0. The summed E-state index contributed by atoms with van der Waals surface area (Å²) in [5, 5.41) is 0. The van der Waals surface area contributed by atoms with Crippen LogP contribution in [0, 0.1) is 11.7 Å². The molecule has 0 aromatic heterocycles. The lowest BCUT2D eigenvalue weighted by atomic mass is 9.87. The zero-order valence-corrected chi connectivity index (χ0v) is 12.8. The van der Waals surface area contributed by atoms with E-state index in [9.17, 15) is 4.39 Å². The molecule has 2 N–H and O–H groups in total. The maximum atomic E-state index is 13.2. The molecule has 0 aliphatic carbocycles. The summed E-state index contributed by atoms with van der Waals surface area (Å²) < 4.78 is 13.2. The van der Waals surface area contributed by atoms with E-state index < -0.39 is 0 Å². The van der Waals surface area contributed by atoms with Gasteiger partial charge in [0.05, 0.1) is 6.04 Å². The normalized spacial score (nSPS) is 27.2. The molecule has 0 amide bonds. The van der Waals surface area contributed by atoms with Crippen LogP contribution in [0.3, 0.4) is 0 Å². The molecule has 2 nitrogen and oxygen atoms in total. The van der Waals surface area contributed by atoms with E-state index in [2.05, 4.69) is 25.7 Å². The third kappa shape index (κ3) is 3.21. The second-order valence-electron chi connectivity index (χ2n) is 6.17. The van der Waals surface area contributed by atoms with Crippen LogP contribution in [0.25, 0.3) is 0 Å². The Morgan fingerprint density at radius 3 is 2.55 bits per heavy atom. The molecule has 0 spiro atoms. The summed E-state index contributed by atoms with van der Waals surface area (Å²) in [5.41, 5.74) is 7.53. The Balaban J connectivity index is 2.29. The smallest absolute Gasteiger partial charge is 0.123 e. The molecule has 112 valence electrons. The maximum Gasteiger partial charge on any atom is 0.123 e. The molecule has 1 fully saturated rings. The molecule has 2 rings (SSSR count). The standard InChI is InChI=1S/C17H27FN2/c1-4-16(19)17(14-7-9-15(18)10-8-14)20-11-5-6-12(2)13(20)3/h7-10,12-13,16-17H,4-6,11,19H2,1-3H3. The average Bonchev–Trinajstić information content (AvgIpc) is 2.45. The molecule has 4 unspecified atom stereocenters. The lowest BCUT2D eigenvalue weighted by Gasteiger charge is -2.45. The molecular formula is C17H27FN2. The minimum absolute atomic E-state index is 0.0909. The van der Waals surface area contributed by atoms with Gasteiger partial charge in [-0.3, -0.25) is 4.90 Å². The van der Waals surface area contributed by atoms with Gasteiger partial charge in [0.25, 0.3) is 0 Å². The topological polar surface area (TPSA) is 29.3 Å². The number of rotatable bonds is 4. The van der Waals surface area contributed by atoms with Crippen LogP contribution in [-0.2, 0) is 0 Å². The van der Waals surface area contributed by atoms with Gasteiger partial charge in [-0.05, 0) is 56.3 Å². The average molecular weight is 278 g/mol. The Hall–Kier alpha value is -0.930. The summed E-state index contributed by atoms with van der Waals surface area (Å²) in [4.78, 5) is 2.52. The summed E-state index contributed by atoms with van der Waals surface area (Å²) >= 11 is 0. The van der Waals surface area contributed by atoms with Gasteiger partial charge >= 0.3 is 0 Å². The first kappa shape index (κ1) is 15.5. The Bertz CT molecular complexity index is 418. The van der Waals surface area contributed by atoms with E-state index in [0.717, 1.165) is 18.5 Å². The first-order valence-corrected chi connectivity index (χ1v) is 7.81. The van der Waals surface area contributed by atoms with E-state index in [1.165, 1.54) is 12.8 Å². The molecule has 1 aromatic carbocycles. The van der Waals surface area contributed by atoms with Crippen molar-refractivity contribution in [1.29, 1.82) is 0 Å². The number of hydrogen-bond donors (Lipinski definition) is 1. The molecule has 0 saturated carbocycles. The lowest BCUT2D eigenvalue weighted by molar-refractivity contribution is 0.0546. The Morgan fingerprint density at radius 1 is 1.30 bits per heavy atom. The fourth-order valence-electron chi connectivity index (χ4n) is 3.33. The van der Waals surface area contributed by atoms with Crippen molar-refractivity contribution in [2.45, 2.75) is 58.2 Å². The fraction of sp³-hybridized carbons (Fsp3) is 0.647. The first-order valence-electron chi connectivity index (χ1n) is 7.81. The van der Waals surface area contributed by atoms with E-state index in [1.54, 1.807) is 12.1 Å². The third-order valence-electron chi connectivity index (χ3n) is 4.87. The van der Waals surface area contributed by atoms with Gasteiger partial charge < -0.3 is 5.73 Å². The van der Waals surface area contributed by atoms with Gasteiger partial charge in [0.15, 0.2) is 0 Å². The molecule has 3 heteroatoms. The SMILES string of the molecule is CCC(N)C(c1ccc(F)cc1)N1CCCC(C)C1C. The maximum absolute atomic E-state index is 13.2. The van der Waals surface area contributed by atoms with Crippen LogP contribution in [-0.4, -0.2) is 23.5 Å². The molecule has 1 heterocycles. The molecular weight excluding hydrogens is 251 g/mol. The Kier molecular flexibility index (Phi) is 5.17. The monoisotopic (exact) mass is 278 g/mol. The molecule has 1 aliphatic heterocycles. The zero-order chi connectivity index (χ0) is 14.7. The number of halogens is 1. The van der Waals surface area contributed by atoms with Crippen molar-refractivity contribution in [1.82, 2.24) is 4.90 Å². The number of likely N-dealkylation sites (tertiary alicyclic amines) is 1. The molecule has 1 saturated heterocycles. The van der Waals surface area contributed by atoms with Crippen LogP contribution in [0.15, 0.2) is 24.3 Å². The summed E-state index contributed by atoms with van der Waals surface area (Å²) in [6.45, 7) is 7.82. The molecule has 1 aliphatic rings. The van der Waals surface area contributed by atoms with Crippen LogP contribution < -0.4 is 5.73 Å². The van der Waals surface area contributed by atoms with Crippen molar-refractivity contribution in [2.24, 2.45) is 11.7 Å². The van der Waals surface area contributed by atoms with Crippen LogP contribution in [0.2, 0.25) is 0 Å². The van der Waals surface area contributed by atoms with Crippen molar-refractivity contribution < 1.29 is 4.39 Å². The highest BCUT2D eigenvalue weighted by molar-refractivity contribution is 5.22. The predicted molar refractivity (Wildman–Crippen MR) is 82.0 cm³/mol. The van der Waals surface area contributed by atoms with Crippen LogP contribution in [0.5, 0.6) is 0 Å². The number of piperidine rings is 1. The Morgan fingerprint density at radius 2 is 1.95 bits per heavy atom. The van der Waals surface area contributed by atoms with Gasteiger partial charge in [0, 0.05) is 12.1 Å². The van der Waals surface area contributed by atoms with E-state index in [4.69, 9.17) is 5.73 Å². The predicted octanol–water partition coefficient (Wildman–Crippen LogP) is 3.72. The lowest BCUT2D eigenvalue weighted by Crippen LogP contribution is -2.49. The van der Waals surface area contributed by atoms with Crippen molar-refractivity contribution >= 4 is 0 Å². The number of benzene rings is 1. The van der Waals surface area contributed by atoms with Crippen molar-refractivity contribution in [3.8, 4) is 0 Å². The number of nitrogens with two attached hydrogens (primary N) is 1. The zero-order valence-electron chi connectivity index (χ0n) is 12.8. The summed E-state index contributed by atoms with van der Waals surface area (Å²) in [6, 6.07) is 7.68. The highest BCUT2D eigenvalue weighted by atomic mass is 19.1. The summed E-state index contributed by atoms with van der Waals surface area (Å²) in [6.07, 6.45) is 3.44. The molecule has 4 atom stereocenters. The minimum Gasteiger partial charge on any atom is -0.326 e. The molecule has 0 bridgehead atoms. The van der Waals surface area contributed by atoms with Gasteiger partial charge in [-0.15, -0.1) is 0 Å². The van der Waals surface area contributed by atoms with Gasteiger partial charge in [-0.1, -0.05) is 26.0 Å². The number of hydrogen-bond acceptors (Lipinski definition) is 2. The molecule has 0 radical (unpaired) electrons. The molecule has 20 heavy (non-hydrogen) atoms. The highest BCUT2D eigenvalue weighted by Crippen LogP contribution is 2.33.